The van der Waals surface area contributed by atoms with Gasteiger partial charge in [0.15, 0.2) is 0 Å². The Morgan fingerprint density at radius 3 is 2.55 bits per heavy atom. The van der Waals surface area contributed by atoms with Crippen molar-refractivity contribution in [3.05, 3.63) is 53.6 Å². The van der Waals surface area contributed by atoms with E-state index in [0.29, 0.717) is 11.1 Å². The number of rotatable bonds is 4. The van der Waals surface area contributed by atoms with Crippen LogP contribution in [0.5, 0.6) is 0 Å². The van der Waals surface area contributed by atoms with Gasteiger partial charge in [0.2, 0.25) is 0 Å². The molecule has 3 rings (SSSR count). The van der Waals surface area contributed by atoms with Crippen molar-refractivity contribution in [2.24, 2.45) is 5.73 Å². The van der Waals surface area contributed by atoms with Crippen molar-refractivity contribution in [3.63, 3.8) is 0 Å². The standard InChI is InChI=1S/C17H18N4O/c1-21(2)10-11-6-8-12(9-7-11)17-19-14-5-3-4-13(16(18)22)15(14)20-17/h3-9H,10H2,1-2H3,(H2,18,22)(H,19,20). The summed E-state index contributed by atoms with van der Waals surface area (Å²) in [7, 11) is 4.08. The summed E-state index contributed by atoms with van der Waals surface area (Å²) in [6.45, 7) is 0.895. The highest BCUT2D eigenvalue weighted by Crippen LogP contribution is 2.23. The van der Waals surface area contributed by atoms with E-state index in [2.05, 4.69) is 27.0 Å². The van der Waals surface area contributed by atoms with E-state index in [9.17, 15) is 4.79 Å². The molecule has 112 valence electrons. The molecule has 0 aliphatic carbocycles. The Morgan fingerprint density at radius 2 is 1.91 bits per heavy atom. The van der Waals surface area contributed by atoms with Crippen LogP contribution in [0.3, 0.4) is 0 Å². The average Bonchev–Trinajstić information content (AvgIpc) is 2.90. The minimum atomic E-state index is -0.468. The number of hydrogen-bond acceptors (Lipinski definition) is 3. The Hall–Kier alpha value is -2.66. The summed E-state index contributed by atoms with van der Waals surface area (Å²) in [6.07, 6.45) is 0. The van der Waals surface area contributed by atoms with Crippen LogP contribution in [-0.2, 0) is 6.54 Å². The first kappa shape index (κ1) is 14.3. The smallest absolute Gasteiger partial charge is 0.250 e. The van der Waals surface area contributed by atoms with Crippen LogP contribution in [0.4, 0.5) is 0 Å². The van der Waals surface area contributed by atoms with Crippen LogP contribution in [0.1, 0.15) is 15.9 Å². The third-order valence-electron chi connectivity index (χ3n) is 3.50. The molecule has 0 saturated carbocycles. The Bertz CT molecular complexity index is 818. The third kappa shape index (κ3) is 2.71. The summed E-state index contributed by atoms with van der Waals surface area (Å²) in [5.74, 6) is 0.269. The predicted octanol–water partition coefficient (Wildman–Crippen LogP) is 2.39. The van der Waals surface area contributed by atoms with Gasteiger partial charge in [0, 0.05) is 12.1 Å². The number of aromatic amines is 1. The summed E-state index contributed by atoms with van der Waals surface area (Å²) >= 11 is 0. The molecule has 0 spiro atoms. The molecule has 5 nitrogen and oxygen atoms in total. The largest absolute Gasteiger partial charge is 0.366 e. The fourth-order valence-electron chi connectivity index (χ4n) is 2.50. The number of H-pyrrole nitrogens is 1. The molecule has 0 aliphatic rings. The van der Waals surface area contributed by atoms with E-state index in [1.54, 1.807) is 12.1 Å². The number of aromatic nitrogens is 2. The molecule has 0 fully saturated rings. The van der Waals surface area contributed by atoms with E-state index in [-0.39, 0.29) is 0 Å². The van der Waals surface area contributed by atoms with Crippen LogP contribution in [0.15, 0.2) is 42.5 Å². The molecule has 0 saturated heterocycles. The Balaban J connectivity index is 2.00. The number of primary amides is 1. The molecule has 1 heterocycles. The lowest BCUT2D eigenvalue weighted by molar-refractivity contribution is 0.100. The van der Waals surface area contributed by atoms with Crippen LogP contribution in [0, 0.1) is 0 Å². The molecule has 3 N–H and O–H groups in total. The topological polar surface area (TPSA) is 75.0 Å². The van der Waals surface area contributed by atoms with E-state index in [1.165, 1.54) is 5.56 Å². The van der Waals surface area contributed by atoms with Crippen molar-refractivity contribution in [2.75, 3.05) is 14.1 Å². The summed E-state index contributed by atoms with van der Waals surface area (Å²) in [4.78, 5) is 21.4. The number of nitrogens with two attached hydrogens (primary N) is 1. The van der Waals surface area contributed by atoms with Gasteiger partial charge in [-0.15, -0.1) is 0 Å². The SMILES string of the molecule is CN(C)Cc1ccc(-c2nc3c(C(N)=O)cccc3[nH]2)cc1. The van der Waals surface area contributed by atoms with Crippen molar-refractivity contribution in [1.29, 1.82) is 0 Å². The molecule has 0 aliphatic heterocycles. The van der Waals surface area contributed by atoms with Crippen LogP contribution in [0.25, 0.3) is 22.4 Å². The molecule has 1 aromatic heterocycles. The number of carbonyl (C=O) groups excluding carboxylic acids is 1. The van der Waals surface area contributed by atoms with Gasteiger partial charge in [-0.25, -0.2) is 4.98 Å². The minimum Gasteiger partial charge on any atom is -0.366 e. The fraction of sp³-hybridized carbons (Fsp3) is 0.176. The number of carbonyl (C=O) groups is 1. The van der Waals surface area contributed by atoms with E-state index in [0.717, 1.165) is 23.4 Å². The highest BCUT2D eigenvalue weighted by molar-refractivity contribution is 6.04. The van der Waals surface area contributed by atoms with Crippen molar-refractivity contribution in [3.8, 4) is 11.4 Å². The van der Waals surface area contributed by atoms with Gasteiger partial charge < -0.3 is 15.6 Å². The van der Waals surface area contributed by atoms with E-state index in [1.807, 2.05) is 32.3 Å². The number of imidazole rings is 1. The van der Waals surface area contributed by atoms with Gasteiger partial charge in [-0.3, -0.25) is 4.79 Å². The molecule has 0 unspecified atom stereocenters. The van der Waals surface area contributed by atoms with E-state index < -0.39 is 5.91 Å². The predicted molar refractivity (Wildman–Crippen MR) is 87.4 cm³/mol. The first-order chi connectivity index (χ1) is 10.5. The molecule has 0 bridgehead atoms. The first-order valence-corrected chi connectivity index (χ1v) is 7.07. The maximum absolute atomic E-state index is 11.5. The Morgan fingerprint density at radius 1 is 1.18 bits per heavy atom. The van der Waals surface area contributed by atoms with E-state index in [4.69, 9.17) is 5.73 Å². The number of amides is 1. The summed E-state index contributed by atoms with van der Waals surface area (Å²) < 4.78 is 0. The van der Waals surface area contributed by atoms with Crippen LogP contribution < -0.4 is 5.73 Å². The van der Waals surface area contributed by atoms with E-state index >= 15 is 0 Å². The van der Waals surface area contributed by atoms with Gasteiger partial charge in [-0.2, -0.15) is 0 Å². The zero-order valence-electron chi connectivity index (χ0n) is 12.6. The second kappa shape index (κ2) is 5.61. The van der Waals surface area contributed by atoms with Gasteiger partial charge in [0.25, 0.3) is 5.91 Å². The number of benzene rings is 2. The molecular formula is C17H18N4O. The van der Waals surface area contributed by atoms with Gasteiger partial charge in [-0.1, -0.05) is 30.3 Å². The van der Waals surface area contributed by atoms with Crippen LogP contribution in [-0.4, -0.2) is 34.9 Å². The van der Waals surface area contributed by atoms with Gasteiger partial charge >= 0.3 is 0 Å². The Kier molecular flexibility index (Phi) is 3.65. The lowest BCUT2D eigenvalue weighted by atomic mass is 10.1. The van der Waals surface area contributed by atoms with Crippen molar-refractivity contribution < 1.29 is 4.79 Å². The maximum atomic E-state index is 11.5. The number of nitrogens with zero attached hydrogens (tertiary/aromatic N) is 2. The molecule has 5 heteroatoms. The molecule has 3 aromatic rings. The lowest BCUT2D eigenvalue weighted by Crippen LogP contribution is -2.11. The maximum Gasteiger partial charge on any atom is 0.250 e. The fourth-order valence-corrected chi connectivity index (χ4v) is 2.50. The number of nitrogens with one attached hydrogen (secondary N) is 1. The van der Waals surface area contributed by atoms with Crippen LogP contribution >= 0.6 is 0 Å². The molecule has 1 amide bonds. The summed E-state index contributed by atoms with van der Waals surface area (Å²) in [6, 6.07) is 13.6. The lowest BCUT2D eigenvalue weighted by Gasteiger charge is -2.09. The number of fused-ring (bicyclic) bond motifs is 1. The van der Waals surface area contributed by atoms with Crippen molar-refractivity contribution >= 4 is 16.9 Å². The van der Waals surface area contributed by atoms with Gasteiger partial charge in [0.1, 0.15) is 11.3 Å². The molecule has 0 atom stereocenters. The molecule has 2 aromatic carbocycles. The van der Waals surface area contributed by atoms with Crippen molar-refractivity contribution in [2.45, 2.75) is 6.54 Å². The molecule has 22 heavy (non-hydrogen) atoms. The summed E-state index contributed by atoms with van der Waals surface area (Å²) in [5.41, 5.74) is 9.47. The van der Waals surface area contributed by atoms with Crippen LogP contribution in [0.2, 0.25) is 0 Å². The van der Waals surface area contributed by atoms with Gasteiger partial charge in [-0.05, 0) is 31.8 Å². The number of hydrogen-bond donors (Lipinski definition) is 2. The quantitative estimate of drug-likeness (QED) is 0.776. The monoisotopic (exact) mass is 294 g/mol. The second-order valence-electron chi connectivity index (χ2n) is 5.59. The molecule has 0 radical (unpaired) electrons. The summed E-state index contributed by atoms with van der Waals surface area (Å²) in [5, 5.41) is 0. The Labute approximate surface area is 128 Å². The first-order valence-electron chi connectivity index (χ1n) is 7.07. The zero-order valence-corrected chi connectivity index (χ0v) is 12.6. The average molecular weight is 294 g/mol. The normalized spacial score (nSPS) is 11.2. The third-order valence-corrected chi connectivity index (χ3v) is 3.50. The minimum absolute atomic E-state index is 0.434. The van der Waals surface area contributed by atoms with Crippen molar-refractivity contribution in [1.82, 2.24) is 14.9 Å². The zero-order chi connectivity index (χ0) is 15.7. The highest BCUT2D eigenvalue weighted by Gasteiger charge is 2.12. The van der Waals surface area contributed by atoms with Gasteiger partial charge in [0.05, 0.1) is 11.1 Å². The highest BCUT2D eigenvalue weighted by atomic mass is 16.1. The molecular weight excluding hydrogens is 276 g/mol. The second-order valence-corrected chi connectivity index (χ2v) is 5.59. The number of para-hydroxylation sites is 1.